The Hall–Kier alpha value is -0.510. The quantitative estimate of drug-likeness (QED) is 0.114. The van der Waals surface area contributed by atoms with Crippen LogP contribution in [0.5, 0.6) is 0 Å². The molecule has 4 heteroatoms. The van der Waals surface area contributed by atoms with Crippen molar-refractivity contribution in [3.63, 3.8) is 0 Å². The van der Waals surface area contributed by atoms with Crippen molar-refractivity contribution in [2.75, 3.05) is 0 Å². The van der Waals surface area contributed by atoms with Crippen molar-refractivity contribution in [2.24, 2.45) is 0 Å². The molecule has 0 fully saturated rings. The lowest BCUT2D eigenvalue weighted by molar-refractivity contribution is -0.144. The minimum atomic E-state index is -0.290. The van der Waals surface area contributed by atoms with E-state index in [9.17, 15) is 9.59 Å². The zero-order valence-electron chi connectivity index (χ0n) is 18.9. The summed E-state index contributed by atoms with van der Waals surface area (Å²) >= 11 is 1.19. The molecule has 28 heavy (non-hydrogen) atoms. The van der Waals surface area contributed by atoms with Crippen molar-refractivity contribution in [2.45, 2.75) is 142 Å². The van der Waals surface area contributed by atoms with Gasteiger partial charge in [-0.15, -0.1) is 0 Å². The molecule has 0 aromatic rings. The minimum Gasteiger partial charge on any atom is -0.451 e. The van der Waals surface area contributed by atoms with Crippen LogP contribution in [0.15, 0.2) is 0 Å². The van der Waals surface area contributed by atoms with Gasteiger partial charge in [0, 0.05) is 12.8 Å². The van der Waals surface area contributed by atoms with E-state index in [1.807, 2.05) is 6.92 Å². The van der Waals surface area contributed by atoms with Gasteiger partial charge in [0.05, 0.1) is 0 Å². The van der Waals surface area contributed by atoms with Gasteiger partial charge >= 0.3 is 5.97 Å². The van der Waals surface area contributed by atoms with Crippen LogP contribution < -0.4 is 0 Å². The smallest absolute Gasteiger partial charge is 0.306 e. The Kier molecular flexibility index (Phi) is 20.8. The van der Waals surface area contributed by atoms with E-state index < -0.39 is 0 Å². The predicted molar refractivity (Wildman–Crippen MR) is 123 cm³/mol. The van der Waals surface area contributed by atoms with Crippen LogP contribution in [0.1, 0.15) is 136 Å². The van der Waals surface area contributed by atoms with Crippen LogP contribution >= 0.6 is 11.8 Å². The SMILES string of the molecule is CCCCCCCCCCCCCCCCCC(OC(=O)CC)SC(=O)CC. The maximum Gasteiger partial charge on any atom is 0.306 e. The normalized spacial score (nSPS) is 12.1. The van der Waals surface area contributed by atoms with Crippen LogP contribution in [0.25, 0.3) is 0 Å². The summed E-state index contributed by atoms with van der Waals surface area (Å²) in [5.74, 6) is -0.206. The summed E-state index contributed by atoms with van der Waals surface area (Å²) in [6, 6.07) is 0. The van der Waals surface area contributed by atoms with Gasteiger partial charge in [-0.1, -0.05) is 111 Å². The van der Waals surface area contributed by atoms with Crippen molar-refractivity contribution < 1.29 is 14.3 Å². The van der Waals surface area contributed by atoms with E-state index in [0.717, 1.165) is 12.8 Å². The van der Waals surface area contributed by atoms with Gasteiger partial charge < -0.3 is 4.74 Å². The average molecular weight is 415 g/mol. The number of ether oxygens (including phenoxy) is 1. The summed E-state index contributed by atoms with van der Waals surface area (Å²) in [5, 5.41) is 0.106. The molecular formula is C24H46O3S. The van der Waals surface area contributed by atoms with Crippen molar-refractivity contribution in [1.29, 1.82) is 0 Å². The summed E-state index contributed by atoms with van der Waals surface area (Å²) in [4.78, 5) is 23.1. The first-order valence-electron chi connectivity index (χ1n) is 12.0. The molecule has 0 aromatic heterocycles. The third-order valence-electron chi connectivity index (χ3n) is 5.15. The number of hydrogen-bond donors (Lipinski definition) is 0. The van der Waals surface area contributed by atoms with Crippen molar-refractivity contribution in [3.05, 3.63) is 0 Å². The lowest BCUT2D eigenvalue weighted by Gasteiger charge is -2.16. The second-order valence-corrected chi connectivity index (χ2v) is 9.07. The minimum absolute atomic E-state index is 0.106. The summed E-state index contributed by atoms with van der Waals surface area (Å²) in [6.45, 7) is 5.91. The van der Waals surface area contributed by atoms with E-state index in [2.05, 4.69) is 6.92 Å². The van der Waals surface area contributed by atoms with Crippen molar-refractivity contribution >= 4 is 22.8 Å². The van der Waals surface area contributed by atoms with Gasteiger partial charge in [-0.25, -0.2) is 0 Å². The summed E-state index contributed by atoms with van der Waals surface area (Å²) < 4.78 is 5.39. The Morgan fingerprint density at radius 1 is 0.643 bits per heavy atom. The number of hydrogen-bond acceptors (Lipinski definition) is 4. The fourth-order valence-corrected chi connectivity index (χ4v) is 4.18. The van der Waals surface area contributed by atoms with E-state index in [0.29, 0.717) is 12.8 Å². The highest BCUT2D eigenvalue weighted by Gasteiger charge is 2.17. The molecule has 1 atom stereocenters. The third kappa shape index (κ3) is 18.8. The van der Waals surface area contributed by atoms with E-state index in [1.54, 1.807) is 6.92 Å². The first-order chi connectivity index (χ1) is 13.6. The van der Waals surface area contributed by atoms with Crippen LogP contribution in [-0.2, 0) is 14.3 Å². The van der Waals surface area contributed by atoms with Crippen LogP contribution in [0.3, 0.4) is 0 Å². The van der Waals surface area contributed by atoms with Crippen LogP contribution in [-0.4, -0.2) is 16.5 Å². The Labute approximate surface area is 179 Å². The van der Waals surface area contributed by atoms with Gasteiger partial charge in [-0.3, -0.25) is 9.59 Å². The highest BCUT2D eigenvalue weighted by Crippen LogP contribution is 2.22. The van der Waals surface area contributed by atoms with Gasteiger partial charge in [0.1, 0.15) is 0 Å². The standard InChI is InChI=1S/C24H46O3S/c1-4-7-8-9-10-11-12-13-14-15-16-17-18-19-20-21-24(27-22(25)5-2)28-23(26)6-3/h24H,4-21H2,1-3H3. The average Bonchev–Trinajstić information content (AvgIpc) is 2.70. The molecule has 0 aliphatic heterocycles. The Balaban J connectivity index is 3.50. The molecule has 0 aromatic carbocycles. The molecule has 0 radical (unpaired) electrons. The molecule has 0 bridgehead atoms. The van der Waals surface area contributed by atoms with Gasteiger partial charge in [0.15, 0.2) is 10.6 Å². The second-order valence-electron chi connectivity index (χ2n) is 7.85. The number of unbranched alkanes of at least 4 members (excludes halogenated alkanes) is 14. The first kappa shape index (κ1) is 27.5. The molecular weight excluding hydrogens is 368 g/mol. The molecule has 0 aliphatic rings. The number of carbonyl (C=O) groups is 2. The molecule has 0 spiro atoms. The molecule has 0 amide bonds. The van der Waals surface area contributed by atoms with Crippen LogP contribution in [0.2, 0.25) is 0 Å². The Morgan fingerprint density at radius 3 is 1.46 bits per heavy atom. The van der Waals surface area contributed by atoms with Gasteiger partial charge in [-0.2, -0.15) is 0 Å². The lowest BCUT2D eigenvalue weighted by Crippen LogP contribution is -2.16. The summed E-state index contributed by atoms with van der Waals surface area (Å²) in [7, 11) is 0. The number of thioether (sulfide) groups is 1. The van der Waals surface area contributed by atoms with Gasteiger partial charge in [0.25, 0.3) is 0 Å². The fraction of sp³-hybridized carbons (Fsp3) is 0.917. The number of esters is 1. The molecule has 1 unspecified atom stereocenters. The molecule has 0 rings (SSSR count). The van der Waals surface area contributed by atoms with E-state index in [-0.39, 0.29) is 16.5 Å². The largest absolute Gasteiger partial charge is 0.451 e. The van der Waals surface area contributed by atoms with Gasteiger partial charge in [0.2, 0.25) is 0 Å². The zero-order chi connectivity index (χ0) is 20.9. The monoisotopic (exact) mass is 414 g/mol. The summed E-state index contributed by atoms with van der Waals surface area (Å²) in [6.07, 6.45) is 21.8. The highest BCUT2D eigenvalue weighted by atomic mass is 32.2. The van der Waals surface area contributed by atoms with Crippen molar-refractivity contribution in [1.82, 2.24) is 0 Å². The van der Waals surface area contributed by atoms with E-state index >= 15 is 0 Å². The molecule has 0 N–H and O–H groups in total. The topological polar surface area (TPSA) is 43.4 Å². The predicted octanol–water partition coefficient (Wildman–Crippen LogP) is 8.20. The Bertz CT molecular complexity index is 353. The van der Waals surface area contributed by atoms with Gasteiger partial charge in [-0.05, 0) is 24.6 Å². The maximum atomic E-state index is 11.6. The van der Waals surface area contributed by atoms with E-state index in [1.165, 1.54) is 102 Å². The lowest BCUT2D eigenvalue weighted by atomic mass is 10.0. The fourth-order valence-electron chi connectivity index (χ4n) is 3.28. The molecule has 0 heterocycles. The first-order valence-corrected chi connectivity index (χ1v) is 12.9. The second kappa shape index (κ2) is 21.2. The maximum absolute atomic E-state index is 11.6. The molecule has 0 aliphatic carbocycles. The molecule has 0 saturated carbocycles. The van der Waals surface area contributed by atoms with Crippen LogP contribution in [0.4, 0.5) is 0 Å². The molecule has 3 nitrogen and oxygen atoms in total. The molecule has 166 valence electrons. The number of rotatable bonds is 20. The highest BCUT2D eigenvalue weighted by molar-refractivity contribution is 8.14. The molecule has 0 saturated heterocycles. The summed E-state index contributed by atoms with van der Waals surface area (Å²) in [5.41, 5.74) is -0.290. The van der Waals surface area contributed by atoms with Crippen molar-refractivity contribution in [3.8, 4) is 0 Å². The third-order valence-corrected chi connectivity index (χ3v) is 6.29. The van der Waals surface area contributed by atoms with E-state index in [4.69, 9.17) is 4.74 Å². The van der Waals surface area contributed by atoms with Crippen LogP contribution in [0, 0.1) is 0 Å². The number of carbonyl (C=O) groups excluding carboxylic acids is 2. The Morgan fingerprint density at radius 2 is 1.07 bits per heavy atom. The zero-order valence-corrected chi connectivity index (χ0v) is 19.8.